The summed E-state index contributed by atoms with van der Waals surface area (Å²) >= 11 is 0. The highest BCUT2D eigenvalue weighted by molar-refractivity contribution is 5.75. The Bertz CT molecular complexity index is 426. The van der Waals surface area contributed by atoms with Crippen molar-refractivity contribution in [3.63, 3.8) is 0 Å². The fourth-order valence-corrected chi connectivity index (χ4v) is 2.46. The third-order valence-electron chi connectivity index (χ3n) is 3.32. The van der Waals surface area contributed by atoms with Gasteiger partial charge < -0.3 is 10.5 Å². The maximum Gasteiger partial charge on any atom is 0.231 e. The van der Waals surface area contributed by atoms with Crippen molar-refractivity contribution >= 4 is 5.91 Å². The Morgan fingerprint density at radius 3 is 3.00 bits per heavy atom. The van der Waals surface area contributed by atoms with Crippen molar-refractivity contribution in [1.29, 1.82) is 0 Å². The third kappa shape index (κ3) is 4.88. The first-order chi connectivity index (χ1) is 9.63. The van der Waals surface area contributed by atoms with Gasteiger partial charge in [0, 0.05) is 38.6 Å². The molecule has 1 atom stereocenters. The molecule has 0 aromatic carbocycles. The summed E-state index contributed by atoms with van der Waals surface area (Å²) in [5, 5.41) is 0. The van der Waals surface area contributed by atoms with Crippen molar-refractivity contribution in [3.8, 4) is 0 Å². The number of ether oxygens (including phenoxy) is 1. The van der Waals surface area contributed by atoms with Crippen LogP contribution in [0.5, 0.6) is 0 Å². The quantitative estimate of drug-likeness (QED) is 0.773. The third-order valence-corrected chi connectivity index (χ3v) is 3.32. The summed E-state index contributed by atoms with van der Waals surface area (Å²) < 4.78 is 5.75. The highest BCUT2D eigenvalue weighted by Gasteiger charge is 2.22. The van der Waals surface area contributed by atoms with E-state index in [1.54, 1.807) is 0 Å². The predicted molar refractivity (Wildman–Crippen MR) is 75.9 cm³/mol. The zero-order valence-corrected chi connectivity index (χ0v) is 11.9. The van der Waals surface area contributed by atoms with Crippen LogP contribution in [0.2, 0.25) is 0 Å². The fraction of sp³-hybridized carbons (Fsp3) is 0.571. The second-order valence-corrected chi connectivity index (χ2v) is 5.25. The van der Waals surface area contributed by atoms with Gasteiger partial charge in [0.05, 0.1) is 19.3 Å². The second kappa shape index (κ2) is 7.33. The number of amides is 1. The first-order valence-corrected chi connectivity index (χ1v) is 6.83. The largest absolute Gasteiger partial charge is 0.374 e. The van der Waals surface area contributed by atoms with Crippen LogP contribution < -0.4 is 5.73 Å². The zero-order valence-electron chi connectivity index (χ0n) is 11.9. The molecule has 1 fully saturated rings. The van der Waals surface area contributed by atoms with Crippen molar-refractivity contribution in [2.45, 2.75) is 12.6 Å². The van der Waals surface area contributed by atoms with Gasteiger partial charge in [-0.3, -0.25) is 19.6 Å². The van der Waals surface area contributed by atoms with E-state index >= 15 is 0 Å². The molecule has 2 rings (SSSR count). The van der Waals surface area contributed by atoms with Crippen LogP contribution >= 0.6 is 0 Å². The van der Waals surface area contributed by atoms with Crippen LogP contribution in [0.4, 0.5) is 0 Å². The molecule has 1 aromatic rings. The van der Waals surface area contributed by atoms with Crippen LogP contribution in [0.1, 0.15) is 5.56 Å². The van der Waals surface area contributed by atoms with Gasteiger partial charge in [-0.1, -0.05) is 0 Å². The molecule has 1 aliphatic rings. The average Bonchev–Trinajstić information content (AvgIpc) is 2.39. The molecular weight excluding hydrogens is 256 g/mol. The number of morpholine rings is 1. The number of hydrogen-bond acceptors (Lipinski definition) is 5. The molecule has 2 heterocycles. The lowest BCUT2D eigenvalue weighted by atomic mass is 10.2. The Kier molecular flexibility index (Phi) is 5.46. The number of aromatic nitrogens is 1. The first kappa shape index (κ1) is 14.9. The average molecular weight is 278 g/mol. The summed E-state index contributed by atoms with van der Waals surface area (Å²) in [7, 11) is 1.88. The van der Waals surface area contributed by atoms with Crippen LogP contribution in [-0.4, -0.2) is 66.6 Å². The number of primary amides is 1. The monoisotopic (exact) mass is 278 g/mol. The lowest BCUT2D eigenvalue weighted by Crippen LogP contribution is -2.47. The van der Waals surface area contributed by atoms with Crippen molar-refractivity contribution < 1.29 is 9.53 Å². The van der Waals surface area contributed by atoms with Crippen LogP contribution in [0.15, 0.2) is 24.5 Å². The maximum absolute atomic E-state index is 10.9. The molecule has 1 aromatic heterocycles. The molecule has 6 nitrogen and oxygen atoms in total. The smallest absolute Gasteiger partial charge is 0.231 e. The number of hydrogen-bond donors (Lipinski definition) is 1. The van der Waals surface area contributed by atoms with Gasteiger partial charge in [-0.05, 0) is 24.7 Å². The van der Waals surface area contributed by atoms with E-state index in [0.717, 1.165) is 32.8 Å². The van der Waals surface area contributed by atoms with E-state index in [1.165, 1.54) is 5.56 Å². The van der Waals surface area contributed by atoms with E-state index < -0.39 is 0 Å². The topological polar surface area (TPSA) is 71.7 Å². The molecule has 1 saturated heterocycles. The van der Waals surface area contributed by atoms with Gasteiger partial charge in [-0.2, -0.15) is 0 Å². The Labute approximate surface area is 119 Å². The molecule has 0 unspecified atom stereocenters. The minimum Gasteiger partial charge on any atom is -0.374 e. The van der Waals surface area contributed by atoms with E-state index in [0.29, 0.717) is 0 Å². The molecule has 0 aliphatic carbocycles. The minimum atomic E-state index is -0.308. The number of carbonyl (C=O) groups is 1. The molecule has 1 amide bonds. The normalized spacial score (nSPS) is 20.2. The molecule has 0 radical (unpaired) electrons. The van der Waals surface area contributed by atoms with Crippen LogP contribution in [0, 0.1) is 0 Å². The number of likely N-dealkylation sites (N-methyl/N-ethyl adjacent to an activating group) is 1. The van der Waals surface area contributed by atoms with Gasteiger partial charge in [0.15, 0.2) is 0 Å². The van der Waals surface area contributed by atoms with Gasteiger partial charge in [-0.25, -0.2) is 0 Å². The molecule has 1 aliphatic heterocycles. The molecule has 20 heavy (non-hydrogen) atoms. The molecule has 0 saturated carbocycles. The standard InChI is InChI=1S/C14H22N4O2/c1-17(11-14(15)19)9-13-10-18(6-7-20-13)8-12-2-4-16-5-3-12/h2-5,13H,6-11H2,1H3,(H2,15,19)/t13-/m1/s1. The van der Waals surface area contributed by atoms with E-state index in [1.807, 2.05) is 36.5 Å². The predicted octanol–water partition coefficient (Wildman–Crippen LogP) is -0.300. The molecule has 6 heteroatoms. The number of rotatable bonds is 6. The first-order valence-electron chi connectivity index (χ1n) is 6.83. The number of carbonyl (C=O) groups excluding carboxylic acids is 1. The highest BCUT2D eigenvalue weighted by Crippen LogP contribution is 2.10. The van der Waals surface area contributed by atoms with Gasteiger partial charge >= 0.3 is 0 Å². The summed E-state index contributed by atoms with van der Waals surface area (Å²) in [6, 6.07) is 4.06. The molecule has 0 spiro atoms. The van der Waals surface area contributed by atoms with Crippen LogP contribution in [-0.2, 0) is 16.1 Å². The summed E-state index contributed by atoms with van der Waals surface area (Å²) in [5.74, 6) is -0.308. The van der Waals surface area contributed by atoms with E-state index in [4.69, 9.17) is 10.5 Å². The minimum absolute atomic E-state index is 0.120. The molecule has 110 valence electrons. The van der Waals surface area contributed by atoms with Gasteiger partial charge in [0.2, 0.25) is 5.91 Å². The molecule has 2 N–H and O–H groups in total. The fourth-order valence-electron chi connectivity index (χ4n) is 2.46. The summed E-state index contributed by atoms with van der Waals surface area (Å²) in [6.07, 6.45) is 3.75. The van der Waals surface area contributed by atoms with E-state index in [9.17, 15) is 4.79 Å². The Hall–Kier alpha value is -1.50. The Balaban J connectivity index is 1.81. The SMILES string of the molecule is CN(CC(N)=O)C[C@@H]1CN(Cc2ccncc2)CCO1. The Morgan fingerprint density at radius 1 is 1.55 bits per heavy atom. The molecular formula is C14H22N4O2. The Morgan fingerprint density at radius 2 is 2.30 bits per heavy atom. The summed E-state index contributed by atoms with van der Waals surface area (Å²) in [5.41, 5.74) is 6.45. The van der Waals surface area contributed by atoms with Gasteiger partial charge in [0.1, 0.15) is 0 Å². The van der Waals surface area contributed by atoms with Crippen molar-refractivity contribution in [3.05, 3.63) is 30.1 Å². The lowest BCUT2D eigenvalue weighted by Gasteiger charge is -2.34. The van der Waals surface area contributed by atoms with E-state index in [2.05, 4.69) is 9.88 Å². The van der Waals surface area contributed by atoms with Gasteiger partial charge in [0.25, 0.3) is 0 Å². The van der Waals surface area contributed by atoms with Crippen molar-refractivity contribution in [1.82, 2.24) is 14.8 Å². The second-order valence-electron chi connectivity index (χ2n) is 5.25. The highest BCUT2D eigenvalue weighted by atomic mass is 16.5. The molecule has 0 bridgehead atoms. The lowest BCUT2D eigenvalue weighted by molar-refractivity contribution is -0.119. The van der Waals surface area contributed by atoms with Crippen LogP contribution in [0.25, 0.3) is 0 Å². The maximum atomic E-state index is 10.9. The van der Waals surface area contributed by atoms with Crippen molar-refractivity contribution in [2.75, 3.05) is 39.8 Å². The number of nitrogens with two attached hydrogens (primary N) is 1. The van der Waals surface area contributed by atoms with Gasteiger partial charge in [-0.15, -0.1) is 0 Å². The summed E-state index contributed by atoms with van der Waals surface area (Å²) in [6.45, 7) is 4.41. The number of nitrogens with zero attached hydrogens (tertiary/aromatic N) is 3. The number of pyridine rings is 1. The van der Waals surface area contributed by atoms with Crippen LogP contribution in [0.3, 0.4) is 0 Å². The zero-order chi connectivity index (χ0) is 14.4. The van der Waals surface area contributed by atoms with E-state index in [-0.39, 0.29) is 18.6 Å². The van der Waals surface area contributed by atoms with Crippen molar-refractivity contribution in [2.24, 2.45) is 5.73 Å². The summed E-state index contributed by atoms with van der Waals surface area (Å²) in [4.78, 5) is 19.2.